The zero-order chi connectivity index (χ0) is 15.9. The van der Waals surface area contributed by atoms with E-state index in [1.165, 1.54) is 29.0 Å². The Morgan fingerprint density at radius 2 is 1.55 bits per heavy atom. The first-order chi connectivity index (χ1) is 9.04. The highest BCUT2D eigenvalue weighted by molar-refractivity contribution is 9.10. The molecule has 1 unspecified atom stereocenters. The second kappa shape index (κ2) is 8.98. The van der Waals surface area contributed by atoms with Gasteiger partial charge in [-0.15, -0.1) is 0 Å². The van der Waals surface area contributed by atoms with Crippen molar-refractivity contribution >= 4 is 63.4 Å². The number of hydrogen-bond donors (Lipinski definition) is 1. The maximum absolute atomic E-state index is 11.8. The summed E-state index contributed by atoms with van der Waals surface area (Å²) in [4.78, 5) is 10.6. The highest BCUT2D eigenvalue weighted by Crippen LogP contribution is 2.16. The van der Waals surface area contributed by atoms with Gasteiger partial charge in [0.05, 0.1) is 4.90 Å². The molecular weight excluding hydrogens is 430 g/mol. The number of hydrogen-bond acceptors (Lipinski definition) is 3. The Bertz CT molecular complexity index is 509. The lowest BCUT2D eigenvalue weighted by atomic mass is 10.4. The molecule has 0 radical (unpaired) electrons. The van der Waals surface area contributed by atoms with Crippen LogP contribution in [0.3, 0.4) is 0 Å². The van der Waals surface area contributed by atoms with Gasteiger partial charge in [-0.3, -0.25) is 9.52 Å². The van der Waals surface area contributed by atoms with Gasteiger partial charge in [-0.25, -0.2) is 8.42 Å². The maximum Gasteiger partial charge on any atom is 0.472 e. The number of benzene rings is 1. The lowest BCUT2D eigenvalue weighted by Crippen LogP contribution is -2.37. The highest BCUT2D eigenvalue weighted by atomic mass is 79.9. The van der Waals surface area contributed by atoms with Gasteiger partial charge in [-0.2, -0.15) is 13.2 Å². The summed E-state index contributed by atoms with van der Waals surface area (Å²) in [7, 11) is 5.15. The van der Waals surface area contributed by atoms with Gasteiger partial charge in [0.15, 0.2) is 11.0 Å². The van der Waals surface area contributed by atoms with Gasteiger partial charge in [0.2, 0.25) is 9.23 Å². The van der Waals surface area contributed by atoms with Crippen molar-refractivity contribution in [1.82, 2.24) is 4.72 Å². The highest BCUT2D eigenvalue weighted by Gasteiger charge is 2.39. The summed E-state index contributed by atoms with van der Waals surface area (Å²) < 4.78 is 57.9. The number of nitrogens with one attached hydrogen (secondary N) is 1. The van der Waals surface area contributed by atoms with Crippen molar-refractivity contribution in [3.05, 3.63) is 28.7 Å². The Kier molecular flexibility index (Phi) is 8.91. The summed E-state index contributed by atoms with van der Waals surface area (Å²) in [6.07, 6.45) is -5.04. The van der Waals surface area contributed by atoms with Gasteiger partial charge >= 0.3 is 12.1 Å². The van der Waals surface area contributed by atoms with Crippen molar-refractivity contribution in [2.75, 3.05) is 0 Å². The number of rotatable bonds is 2. The molecule has 4 nitrogen and oxygen atoms in total. The molecule has 0 saturated carbocycles. The van der Waals surface area contributed by atoms with Gasteiger partial charge in [0, 0.05) is 25.8 Å². The third kappa shape index (κ3) is 8.90. The van der Waals surface area contributed by atoms with Crippen LogP contribution in [0.2, 0.25) is 0 Å². The first kappa shape index (κ1) is 19.8. The van der Waals surface area contributed by atoms with E-state index in [1.807, 2.05) is 0 Å². The van der Waals surface area contributed by atoms with E-state index >= 15 is 0 Å². The molecule has 0 heterocycles. The molecule has 0 aromatic heterocycles. The maximum atomic E-state index is 11.8. The average molecular weight is 435 g/mol. The number of amides is 1. The van der Waals surface area contributed by atoms with E-state index < -0.39 is 32.3 Å². The van der Waals surface area contributed by atoms with Crippen molar-refractivity contribution in [1.29, 1.82) is 0 Å². The van der Waals surface area contributed by atoms with Crippen LogP contribution >= 0.6 is 37.3 Å². The van der Waals surface area contributed by atoms with E-state index in [0.29, 0.717) is 4.47 Å². The van der Waals surface area contributed by atoms with Crippen molar-refractivity contribution in [3.63, 3.8) is 0 Å². The molecule has 1 amide bonds. The lowest BCUT2D eigenvalue weighted by molar-refractivity contribution is -0.171. The average Bonchev–Trinajstić information content (AvgIpc) is 2.27. The largest absolute Gasteiger partial charge is 0.472 e. The number of carbonyl (C=O) groups excluding carboxylic acids is 1. The minimum absolute atomic E-state index is 0.0841. The summed E-state index contributed by atoms with van der Waals surface area (Å²) in [5.74, 6) is -2.23. The van der Waals surface area contributed by atoms with Crippen LogP contribution in [0.5, 0.6) is 0 Å². The lowest BCUT2D eigenvalue weighted by Gasteiger charge is -2.07. The van der Waals surface area contributed by atoms with E-state index in [1.54, 1.807) is 0 Å². The molecule has 0 aliphatic rings. The van der Waals surface area contributed by atoms with E-state index in [9.17, 15) is 22.2 Å². The number of alkyl halides is 3. The Morgan fingerprint density at radius 1 is 1.15 bits per heavy atom. The summed E-state index contributed by atoms with van der Waals surface area (Å²) in [6, 6.07) is 5.70. The van der Waals surface area contributed by atoms with Crippen molar-refractivity contribution in [2.24, 2.45) is 0 Å². The van der Waals surface area contributed by atoms with Crippen LogP contribution < -0.4 is 4.72 Å². The van der Waals surface area contributed by atoms with Gasteiger partial charge < -0.3 is 0 Å². The van der Waals surface area contributed by atoms with Crippen LogP contribution in [-0.4, -0.2) is 20.5 Å². The topological polar surface area (TPSA) is 63.2 Å². The second-order valence-electron chi connectivity index (χ2n) is 2.84. The third-order valence-corrected chi connectivity index (χ3v) is 3.07. The molecular formula is C8H5BrCl2F3NO3S2. The SMILES string of the molecule is O=C(NS(=O)c1ccc(Br)cc1)C(F)(F)F.O=S(Cl)Cl. The van der Waals surface area contributed by atoms with E-state index in [2.05, 4.69) is 37.3 Å². The first-order valence-corrected chi connectivity index (χ1v) is 9.08. The Morgan fingerprint density at radius 3 is 1.90 bits per heavy atom. The monoisotopic (exact) mass is 433 g/mol. The van der Waals surface area contributed by atoms with Gasteiger partial charge in [0.25, 0.3) is 0 Å². The van der Waals surface area contributed by atoms with Gasteiger partial charge in [-0.05, 0) is 24.3 Å². The number of carbonyl (C=O) groups is 1. The van der Waals surface area contributed by atoms with Crippen LogP contribution in [0.1, 0.15) is 0 Å². The van der Waals surface area contributed by atoms with E-state index in [4.69, 9.17) is 4.21 Å². The molecule has 12 heteroatoms. The zero-order valence-electron chi connectivity index (χ0n) is 9.12. The first-order valence-electron chi connectivity index (χ1n) is 4.33. The van der Waals surface area contributed by atoms with Crippen molar-refractivity contribution in [3.8, 4) is 0 Å². The molecule has 1 N–H and O–H groups in total. The van der Waals surface area contributed by atoms with Gasteiger partial charge in [0.1, 0.15) is 0 Å². The molecule has 0 aliphatic heterocycles. The summed E-state index contributed by atoms with van der Waals surface area (Å²) in [6.45, 7) is 0. The minimum atomic E-state index is -5.04. The van der Waals surface area contributed by atoms with Crippen LogP contribution in [0.25, 0.3) is 0 Å². The molecule has 0 saturated heterocycles. The summed E-state index contributed by atoms with van der Waals surface area (Å²) in [5.41, 5.74) is 0. The molecule has 1 aromatic carbocycles. The molecule has 0 spiro atoms. The summed E-state index contributed by atoms with van der Waals surface area (Å²) >= 11 is 3.11. The molecule has 0 fully saturated rings. The predicted molar refractivity (Wildman–Crippen MR) is 74.6 cm³/mol. The third-order valence-electron chi connectivity index (χ3n) is 1.47. The fourth-order valence-corrected chi connectivity index (χ4v) is 1.81. The fraction of sp³-hybridized carbons (Fsp3) is 0.125. The van der Waals surface area contributed by atoms with Crippen molar-refractivity contribution < 1.29 is 26.4 Å². The van der Waals surface area contributed by atoms with Crippen molar-refractivity contribution in [2.45, 2.75) is 11.1 Å². The predicted octanol–water partition coefficient (Wildman–Crippen LogP) is 3.19. The molecule has 20 heavy (non-hydrogen) atoms. The molecule has 0 aliphatic carbocycles. The van der Waals surface area contributed by atoms with Crippen LogP contribution in [0, 0.1) is 0 Å². The molecule has 0 bridgehead atoms. The Hall–Kier alpha value is -0.160. The van der Waals surface area contributed by atoms with E-state index in [0.717, 1.165) is 0 Å². The second-order valence-corrected chi connectivity index (χ2v) is 7.49. The van der Waals surface area contributed by atoms with Gasteiger partial charge in [-0.1, -0.05) is 15.9 Å². The quantitative estimate of drug-likeness (QED) is 0.727. The molecule has 114 valence electrons. The Balaban J connectivity index is 0.000000796. The molecule has 1 aromatic rings. The summed E-state index contributed by atoms with van der Waals surface area (Å²) in [5, 5.41) is 0. The van der Waals surface area contributed by atoms with Crippen LogP contribution in [0.15, 0.2) is 33.6 Å². The number of halogens is 6. The molecule has 1 rings (SSSR count). The fourth-order valence-electron chi connectivity index (χ4n) is 0.759. The van der Waals surface area contributed by atoms with Crippen LogP contribution in [-0.2, 0) is 25.0 Å². The normalized spacial score (nSPS) is 12.3. The zero-order valence-corrected chi connectivity index (χ0v) is 13.8. The van der Waals surface area contributed by atoms with Crippen LogP contribution in [0.4, 0.5) is 13.2 Å². The molecule has 1 atom stereocenters. The standard InChI is InChI=1S/C8H5BrF3NO2S.Cl2OS/c9-5-1-3-6(4-2-5)16(15)13-7(14)8(10,11)12;1-4(2)3/h1-4H,(H,13,14);. The minimum Gasteiger partial charge on any atom is -0.264 e. The van der Waals surface area contributed by atoms with E-state index in [-0.39, 0.29) is 4.90 Å². The smallest absolute Gasteiger partial charge is 0.264 e. The Labute approximate surface area is 134 Å².